The second-order valence-corrected chi connectivity index (χ2v) is 7.47. The topological polar surface area (TPSA) is 68.3 Å². The van der Waals surface area contributed by atoms with Crippen LogP contribution in [0.5, 0.6) is 0 Å². The molecular weight excluding hydrogens is 1400 g/mol. The number of halogens is 8. The maximum absolute atomic E-state index is 12.0. The smallest absolute Gasteiger partial charge is 0.358 e. The summed E-state index contributed by atoms with van der Waals surface area (Å²) >= 11 is 4.17. The van der Waals surface area contributed by atoms with Gasteiger partial charge in [0.05, 0.1) is 0 Å². The first-order chi connectivity index (χ1) is 22.8. The van der Waals surface area contributed by atoms with Crippen molar-refractivity contribution in [3.63, 3.8) is 0 Å². The summed E-state index contributed by atoms with van der Waals surface area (Å²) < 4.78 is 113. The van der Waals surface area contributed by atoms with Gasteiger partial charge < -0.3 is 44.1 Å². The summed E-state index contributed by atoms with van der Waals surface area (Å²) in [6, 6.07) is 17.9. The van der Waals surface area contributed by atoms with Crippen LogP contribution in [0.1, 0.15) is 60.5 Å². The van der Waals surface area contributed by atoms with E-state index >= 15 is 0 Å². The Morgan fingerprint density at radius 2 is 1.00 bits per heavy atom. The zero-order valence-electron chi connectivity index (χ0n) is 30.9. The zero-order chi connectivity index (χ0) is 39.2. The van der Waals surface area contributed by atoms with Crippen LogP contribution in [0, 0.1) is 59.5 Å². The molecule has 0 bridgehead atoms. The number of rotatable bonds is 1. The Kier molecular flexibility index (Phi) is 63.5. The molecule has 1 aliphatic rings. The third kappa shape index (κ3) is 42.7. The van der Waals surface area contributed by atoms with Crippen molar-refractivity contribution >= 4 is 26.2 Å². The molecule has 1 aliphatic carbocycles. The summed E-state index contributed by atoms with van der Waals surface area (Å²) in [7, 11) is 0. The van der Waals surface area contributed by atoms with Gasteiger partial charge in [-0.05, 0) is 6.92 Å². The van der Waals surface area contributed by atoms with E-state index in [1.54, 1.807) is 37.3 Å². The molecule has 50 heavy (non-hydrogen) atoms. The molecule has 0 aromatic heterocycles. The largest absolute Gasteiger partial charge is 4.00 e. The number of carbonyl (C=O) groups is 4. The van der Waals surface area contributed by atoms with Crippen molar-refractivity contribution in [2.45, 2.75) is 51.4 Å². The molecule has 0 unspecified atom stereocenters. The minimum Gasteiger partial charge on any atom is -0.358 e. The van der Waals surface area contributed by atoms with Crippen LogP contribution in [0.3, 0.4) is 0 Å². The molecule has 0 atom stereocenters. The van der Waals surface area contributed by atoms with E-state index in [2.05, 4.69) is 12.1 Å². The normalized spacial score (nSPS) is 9.86. The molecule has 0 spiro atoms. The van der Waals surface area contributed by atoms with Gasteiger partial charge in [-0.15, -0.1) is 24.3 Å². The van der Waals surface area contributed by atoms with Gasteiger partial charge in [-0.25, -0.2) is 8.78 Å². The standard InChI is InChI=1S/C8H3F6.C8H7O.C6H3F2.C5H10.3CH2O.4CH3.4Pt.3H/c9-7(10,11)5-2-1-3-6(4-5)8(12,13)14;1-7(9)8-5-3-2-4-6-8;7-5-2-1-3-6(8)4-5;1-2-4-5-3-1;3*1-2;;;;;;;;;;;/h2-4H;3-6H,1H3;1-2,4H;1-5H2;3*1H2;4*1H3;;;;;;;/q3*-1;;;;;4*-1;3*+1;+4;;;/i;;;;;;;;;;;;;;;3*1+1. The molecule has 3 aromatic rings. The number of hydrogen-bond acceptors (Lipinski definition) is 4. The minimum atomic E-state index is -4.78. The molecule has 0 N–H and O–H groups in total. The predicted octanol–water partition coefficient (Wildman–Crippen LogP) is 9.36. The molecule has 1 saturated carbocycles. The first kappa shape index (κ1) is 66.7. The first-order valence-electron chi connectivity index (χ1n) is 12.6. The van der Waals surface area contributed by atoms with E-state index in [1.807, 2.05) is 20.4 Å². The fraction of sp³-hybridized carbons (Fsp3) is 0.235. The third-order valence-corrected chi connectivity index (χ3v) is 4.55. The number of Topliss-reactive ketones (excluding diaryl/α,β-unsaturated/α-hetero) is 1. The number of benzene rings is 3. The Balaban J connectivity index is -0.0000000449. The van der Waals surface area contributed by atoms with Crippen LogP contribution >= 0.6 is 0 Å². The molecule has 0 amide bonds. The van der Waals surface area contributed by atoms with Crippen molar-refractivity contribution in [1.82, 2.24) is 0 Å². The van der Waals surface area contributed by atoms with Crippen molar-refractivity contribution in [3.8, 4) is 0 Å². The summed E-state index contributed by atoms with van der Waals surface area (Å²) in [5.41, 5.74) is -1.96. The maximum atomic E-state index is 12.0. The van der Waals surface area contributed by atoms with Crippen molar-refractivity contribution in [2.75, 3.05) is 0 Å². The van der Waals surface area contributed by atoms with Gasteiger partial charge >= 0.3 is 98.3 Å². The van der Waals surface area contributed by atoms with Gasteiger partial charge in [0.1, 0.15) is 26.2 Å². The third-order valence-electron chi connectivity index (χ3n) is 4.55. The van der Waals surface area contributed by atoms with E-state index in [9.17, 15) is 39.9 Å². The van der Waals surface area contributed by atoms with Gasteiger partial charge in [0, 0.05) is 11.6 Å². The van der Waals surface area contributed by atoms with Crippen molar-refractivity contribution < 1.29 is 138 Å². The molecule has 0 aliphatic heterocycles. The molecule has 1 fully saturated rings. The van der Waals surface area contributed by atoms with Crippen molar-refractivity contribution in [3.05, 3.63) is 137 Å². The van der Waals surface area contributed by atoms with Gasteiger partial charge in [0.2, 0.25) is 0 Å². The van der Waals surface area contributed by atoms with Crippen LogP contribution in [0.2, 0.25) is 0 Å². The van der Waals surface area contributed by atoms with Gasteiger partial charge in [-0.3, -0.25) is 4.79 Å². The Morgan fingerprint density at radius 3 is 1.22 bits per heavy atom. The number of ketones is 1. The van der Waals surface area contributed by atoms with E-state index in [0.29, 0.717) is 12.1 Å². The van der Waals surface area contributed by atoms with Crippen LogP contribution in [0.15, 0.2) is 60.7 Å². The van der Waals surface area contributed by atoms with Crippen LogP contribution < -0.4 is 0 Å². The van der Waals surface area contributed by atoms with Gasteiger partial charge in [-0.2, -0.15) is 80.9 Å². The molecule has 0 saturated heterocycles. The zero-order valence-corrected chi connectivity index (χ0v) is 36.9. The van der Waals surface area contributed by atoms with Crippen molar-refractivity contribution in [2.24, 2.45) is 0 Å². The van der Waals surface area contributed by atoms with E-state index < -0.39 is 35.1 Å². The Hall–Kier alpha value is -1.47. The minimum absolute atomic E-state index is 0. The van der Waals surface area contributed by atoms with Crippen LogP contribution in [0.25, 0.3) is 0 Å². The quantitative estimate of drug-likeness (QED) is 0.139. The first-order valence-corrected chi connectivity index (χ1v) is 11.6. The average molecular weight is 1450 g/mol. The molecule has 16 heteroatoms. The van der Waals surface area contributed by atoms with E-state index in [0.717, 1.165) is 17.7 Å². The Bertz CT molecular complexity index is 1080. The fourth-order valence-corrected chi connectivity index (χ4v) is 2.72. The van der Waals surface area contributed by atoms with Gasteiger partial charge in [0.15, 0.2) is 0 Å². The fourth-order valence-electron chi connectivity index (χ4n) is 2.72. The maximum Gasteiger partial charge on any atom is 4.00 e. The summed E-state index contributed by atoms with van der Waals surface area (Å²) in [5.74, 6) is -1.13. The van der Waals surface area contributed by atoms with E-state index in [1.165, 1.54) is 101 Å². The Labute approximate surface area is 352 Å². The summed E-state index contributed by atoms with van der Waals surface area (Å²) in [5, 5.41) is 0. The van der Waals surface area contributed by atoms with Crippen LogP contribution in [0.4, 0.5) is 35.1 Å². The molecule has 3 aromatic carbocycles. The number of alkyl halides is 6. The average Bonchev–Trinajstić information content (AvgIpc) is 3.71. The summed E-state index contributed by atoms with van der Waals surface area (Å²) in [6.45, 7) is 7.55. The number of hydrogen-bond donors (Lipinski definition) is 0. The second kappa shape index (κ2) is 47.5. The van der Waals surface area contributed by atoms with Crippen molar-refractivity contribution in [1.29, 1.82) is 2.25 Å². The second-order valence-electron chi connectivity index (χ2n) is 7.47. The predicted molar refractivity (Wildman–Crippen MR) is 170 cm³/mol. The molecule has 4 nitrogen and oxygen atoms in total. The Morgan fingerprint density at radius 1 is 0.660 bits per heavy atom. The summed E-state index contributed by atoms with van der Waals surface area (Å²) in [4.78, 5) is 34.6. The summed E-state index contributed by atoms with van der Waals surface area (Å²) in [6.07, 6.45) is -2.06. The SMILES string of the molecule is C1CCCC1.C=O.C=O.C=O.CC(=O)c1cc[c-]cc1.FC(F)(F)c1c[c-]cc(C(F)(F)F)c1.Fc1[c-]ccc(F)c1.[2H][Pt+].[2H][Pt+].[2H][Pt+].[CH3-].[CH3-].[CH3-].[CH3-].[Pt+4]. The number of carbonyl (C=O) groups excluding carboxylic acids is 4. The van der Waals surface area contributed by atoms with E-state index in [4.69, 9.17) is 16.6 Å². The van der Waals surface area contributed by atoms with Crippen LogP contribution in [-0.2, 0) is 110 Å². The van der Waals surface area contributed by atoms with E-state index in [-0.39, 0.29) is 62.6 Å². The molecule has 0 radical (unpaired) electrons. The molecular formula is C34H44F8O4Pt4. The van der Waals surface area contributed by atoms with Gasteiger partial charge in [0.25, 0.3) is 0 Å². The van der Waals surface area contributed by atoms with Crippen LogP contribution in [-0.4, -0.2) is 28.4 Å². The monoisotopic (exact) mass is 1450 g/mol. The van der Waals surface area contributed by atoms with Gasteiger partial charge in [-0.1, -0.05) is 48.8 Å². The molecule has 4 rings (SSSR count). The molecule has 300 valence electrons. The molecule has 0 heterocycles.